The Morgan fingerprint density at radius 1 is 1.70 bits per heavy atom. The van der Waals surface area contributed by atoms with Gasteiger partial charge in [-0.3, -0.25) is 0 Å². The van der Waals surface area contributed by atoms with Crippen molar-refractivity contribution in [3.05, 3.63) is 0 Å². The van der Waals surface area contributed by atoms with Crippen LogP contribution in [-0.2, 0) is 4.74 Å². The number of alkyl halides is 1. The van der Waals surface area contributed by atoms with Gasteiger partial charge in [-0.1, -0.05) is 20.3 Å². The van der Waals surface area contributed by atoms with Crippen molar-refractivity contribution in [3.63, 3.8) is 0 Å². The standard InChI is InChI=1S/C8H15FO/c1-3-6(2)8-4-7(9)5-10-8/h6-8H,3-5H2,1-2H3. The van der Waals surface area contributed by atoms with E-state index in [4.69, 9.17) is 4.74 Å². The maximum atomic E-state index is 12.5. The van der Waals surface area contributed by atoms with Gasteiger partial charge in [0, 0.05) is 6.42 Å². The lowest BCUT2D eigenvalue weighted by atomic mass is 9.99. The van der Waals surface area contributed by atoms with Crippen molar-refractivity contribution in [2.75, 3.05) is 6.61 Å². The quantitative estimate of drug-likeness (QED) is 0.580. The van der Waals surface area contributed by atoms with Gasteiger partial charge in [0.05, 0.1) is 12.7 Å². The first kappa shape index (κ1) is 7.99. The van der Waals surface area contributed by atoms with E-state index < -0.39 is 6.17 Å². The van der Waals surface area contributed by atoms with Gasteiger partial charge in [-0.25, -0.2) is 4.39 Å². The van der Waals surface area contributed by atoms with Crippen LogP contribution in [0.5, 0.6) is 0 Å². The average Bonchev–Trinajstić information content (AvgIpc) is 2.34. The van der Waals surface area contributed by atoms with Gasteiger partial charge >= 0.3 is 0 Å². The van der Waals surface area contributed by atoms with Gasteiger partial charge in [0.25, 0.3) is 0 Å². The molecule has 1 fully saturated rings. The van der Waals surface area contributed by atoms with E-state index in [0.717, 1.165) is 6.42 Å². The van der Waals surface area contributed by atoms with E-state index in [2.05, 4.69) is 13.8 Å². The van der Waals surface area contributed by atoms with Gasteiger partial charge in [-0.2, -0.15) is 0 Å². The number of hydrogen-bond donors (Lipinski definition) is 0. The minimum atomic E-state index is -0.709. The third-order valence-corrected chi connectivity index (χ3v) is 2.26. The van der Waals surface area contributed by atoms with Crippen LogP contribution in [0.25, 0.3) is 0 Å². The lowest BCUT2D eigenvalue weighted by molar-refractivity contribution is 0.0642. The number of rotatable bonds is 2. The van der Waals surface area contributed by atoms with Crippen molar-refractivity contribution in [2.24, 2.45) is 5.92 Å². The van der Waals surface area contributed by atoms with Gasteiger partial charge in [0.15, 0.2) is 0 Å². The zero-order valence-corrected chi connectivity index (χ0v) is 6.64. The summed E-state index contributed by atoms with van der Waals surface area (Å²) in [5, 5.41) is 0. The maximum absolute atomic E-state index is 12.5. The molecular formula is C8H15FO. The van der Waals surface area contributed by atoms with Crippen LogP contribution in [0.1, 0.15) is 26.7 Å². The smallest absolute Gasteiger partial charge is 0.126 e. The largest absolute Gasteiger partial charge is 0.375 e. The summed E-state index contributed by atoms with van der Waals surface area (Å²) >= 11 is 0. The first-order chi connectivity index (χ1) is 4.74. The minimum Gasteiger partial charge on any atom is -0.375 e. The minimum absolute atomic E-state index is 0.181. The molecule has 0 spiro atoms. The Balaban J connectivity index is 2.29. The number of ether oxygens (including phenoxy) is 1. The van der Waals surface area contributed by atoms with Gasteiger partial charge < -0.3 is 4.74 Å². The molecule has 1 aliphatic rings. The molecule has 2 heteroatoms. The van der Waals surface area contributed by atoms with Crippen LogP contribution >= 0.6 is 0 Å². The summed E-state index contributed by atoms with van der Waals surface area (Å²) in [6.45, 7) is 4.54. The van der Waals surface area contributed by atoms with Crippen molar-refractivity contribution < 1.29 is 9.13 Å². The fourth-order valence-electron chi connectivity index (χ4n) is 1.28. The first-order valence-electron chi connectivity index (χ1n) is 3.99. The predicted molar refractivity (Wildman–Crippen MR) is 38.7 cm³/mol. The molecule has 1 saturated heterocycles. The fourth-order valence-corrected chi connectivity index (χ4v) is 1.28. The number of halogens is 1. The maximum Gasteiger partial charge on any atom is 0.126 e. The Kier molecular flexibility index (Phi) is 2.66. The second kappa shape index (κ2) is 3.33. The molecule has 0 aromatic carbocycles. The van der Waals surface area contributed by atoms with E-state index in [1.54, 1.807) is 0 Å². The highest BCUT2D eigenvalue weighted by Gasteiger charge is 2.28. The third kappa shape index (κ3) is 1.69. The molecule has 0 bridgehead atoms. The molecule has 0 radical (unpaired) electrons. The van der Waals surface area contributed by atoms with E-state index in [9.17, 15) is 4.39 Å². The summed E-state index contributed by atoms with van der Waals surface area (Å²) in [4.78, 5) is 0. The molecule has 0 saturated carbocycles. The molecule has 1 aliphatic heterocycles. The van der Waals surface area contributed by atoms with Crippen molar-refractivity contribution >= 4 is 0 Å². The Bertz CT molecular complexity index is 105. The molecule has 3 unspecified atom stereocenters. The van der Waals surface area contributed by atoms with E-state index in [1.807, 2.05) is 0 Å². The molecule has 0 amide bonds. The Morgan fingerprint density at radius 3 is 2.80 bits per heavy atom. The summed E-state index contributed by atoms with van der Waals surface area (Å²) < 4.78 is 17.8. The summed E-state index contributed by atoms with van der Waals surface area (Å²) in [5.74, 6) is 0.515. The molecule has 60 valence electrons. The van der Waals surface area contributed by atoms with Crippen molar-refractivity contribution in [2.45, 2.75) is 39.0 Å². The zero-order valence-electron chi connectivity index (χ0n) is 6.64. The normalized spacial score (nSPS) is 36.3. The highest BCUT2D eigenvalue weighted by atomic mass is 19.1. The van der Waals surface area contributed by atoms with E-state index in [1.165, 1.54) is 0 Å². The van der Waals surface area contributed by atoms with E-state index in [-0.39, 0.29) is 6.10 Å². The van der Waals surface area contributed by atoms with Crippen LogP contribution < -0.4 is 0 Å². The molecule has 0 aliphatic carbocycles. The molecule has 1 rings (SSSR count). The van der Waals surface area contributed by atoms with E-state index >= 15 is 0 Å². The van der Waals surface area contributed by atoms with Crippen LogP contribution in [0, 0.1) is 5.92 Å². The molecule has 1 heterocycles. The van der Waals surface area contributed by atoms with Crippen LogP contribution in [0.4, 0.5) is 4.39 Å². The van der Waals surface area contributed by atoms with Crippen LogP contribution in [0.2, 0.25) is 0 Å². The highest BCUT2D eigenvalue weighted by molar-refractivity contribution is 4.76. The fraction of sp³-hybridized carbons (Fsp3) is 1.00. The van der Waals surface area contributed by atoms with E-state index in [0.29, 0.717) is 18.9 Å². The van der Waals surface area contributed by atoms with Gasteiger partial charge in [0.2, 0.25) is 0 Å². The first-order valence-corrected chi connectivity index (χ1v) is 3.99. The zero-order chi connectivity index (χ0) is 7.56. The molecular weight excluding hydrogens is 131 g/mol. The predicted octanol–water partition coefficient (Wildman–Crippen LogP) is 2.16. The SMILES string of the molecule is CCC(C)C1CC(F)CO1. The van der Waals surface area contributed by atoms with Crippen LogP contribution in [0.3, 0.4) is 0 Å². The molecule has 0 aromatic rings. The Labute approximate surface area is 61.6 Å². The molecule has 3 atom stereocenters. The van der Waals surface area contributed by atoms with Gasteiger partial charge in [-0.15, -0.1) is 0 Å². The third-order valence-electron chi connectivity index (χ3n) is 2.26. The Hall–Kier alpha value is -0.110. The average molecular weight is 146 g/mol. The molecule has 1 nitrogen and oxygen atoms in total. The van der Waals surface area contributed by atoms with Crippen LogP contribution in [-0.4, -0.2) is 18.9 Å². The summed E-state index contributed by atoms with van der Waals surface area (Å²) in [6.07, 6.45) is 1.16. The van der Waals surface area contributed by atoms with Crippen molar-refractivity contribution in [3.8, 4) is 0 Å². The summed E-state index contributed by atoms with van der Waals surface area (Å²) in [5.41, 5.74) is 0. The number of hydrogen-bond acceptors (Lipinski definition) is 1. The van der Waals surface area contributed by atoms with Crippen LogP contribution in [0.15, 0.2) is 0 Å². The second-order valence-electron chi connectivity index (χ2n) is 3.09. The van der Waals surface area contributed by atoms with Crippen molar-refractivity contribution in [1.82, 2.24) is 0 Å². The lowest BCUT2D eigenvalue weighted by Gasteiger charge is -2.15. The monoisotopic (exact) mass is 146 g/mol. The van der Waals surface area contributed by atoms with Gasteiger partial charge in [0.1, 0.15) is 6.17 Å². The van der Waals surface area contributed by atoms with Crippen molar-refractivity contribution in [1.29, 1.82) is 0 Å². The molecule has 0 N–H and O–H groups in total. The Morgan fingerprint density at radius 2 is 2.40 bits per heavy atom. The summed E-state index contributed by atoms with van der Waals surface area (Å²) in [7, 11) is 0. The summed E-state index contributed by atoms with van der Waals surface area (Å²) in [6, 6.07) is 0. The molecule has 0 aromatic heterocycles. The highest BCUT2D eigenvalue weighted by Crippen LogP contribution is 2.24. The second-order valence-corrected chi connectivity index (χ2v) is 3.09. The van der Waals surface area contributed by atoms with Gasteiger partial charge in [-0.05, 0) is 5.92 Å². The molecule has 10 heavy (non-hydrogen) atoms. The topological polar surface area (TPSA) is 9.23 Å². The lowest BCUT2D eigenvalue weighted by Crippen LogP contribution is -2.15.